The highest BCUT2D eigenvalue weighted by Crippen LogP contribution is 2.34. The molecule has 7 aromatic carbocycles. The van der Waals surface area contributed by atoms with Crippen molar-refractivity contribution in [3.63, 3.8) is 0 Å². The quantitative estimate of drug-likeness (QED) is 0.0497. The molecule has 0 aromatic heterocycles. The fraction of sp³-hybridized carbons (Fsp3) is 0.372. The summed E-state index contributed by atoms with van der Waals surface area (Å²) in [6.07, 6.45) is 27.5. The van der Waals surface area contributed by atoms with Crippen molar-refractivity contribution in [1.29, 1.82) is 0 Å². The summed E-state index contributed by atoms with van der Waals surface area (Å²) < 4.78 is 12.4. The van der Waals surface area contributed by atoms with Crippen molar-refractivity contribution in [2.75, 3.05) is 13.2 Å². The van der Waals surface area contributed by atoms with E-state index in [9.17, 15) is 0 Å². The normalized spacial score (nSPS) is 13.0. The van der Waals surface area contributed by atoms with Gasteiger partial charge in [-0.05, 0) is 198 Å². The molecule has 2 nitrogen and oxygen atoms in total. The summed E-state index contributed by atoms with van der Waals surface area (Å²) in [4.78, 5) is 0. The number of rotatable bonds is 22. The Kier molecular flexibility index (Phi) is 24.2. The Morgan fingerprint density at radius 2 is 0.580 bits per heavy atom. The first-order valence-corrected chi connectivity index (χ1v) is 32.8. The second kappa shape index (κ2) is 31.4. The largest absolute Gasteiger partial charge is 0.493 e. The Bertz CT molecular complexity index is 3370. The Labute approximate surface area is 533 Å². The van der Waals surface area contributed by atoms with Crippen LogP contribution in [-0.2, 0) is 21.7 Å². The van der Waals surface area contributed by atoms with Crippen molar-refractivity contribution in [1.82, 2.24) is 0 Å². The van der Waals surface area contributed by atoms with Gasteiger partial charge >= 0.3 is 0 Å². The van der Waals surface area contributed by atoms with Gasteiger partial charge in [0, 0.05) is 22.3 Å². The maximum absolute atomic E-state index is 6.21. The molecule has 2 atom stereocenters. The molecule has 0 amide bonds. The lowest BCUT2D eigenvalue weighted by atomic mass is 9.79. The number of unbranched alkanes of at least 4 members (excludes halogenated alkanes) is 2. The lowest BCUT2D eigenvalue weighted by molar-refractivity contribution is 0.233. The van der Waals surface area contributed by atoms with Crippen LogP contribution < -0.4 is 9.47 Å². The molecule has 0 saturated heterocycles. The molecule has 2 heteroatoms. The van der Waals surface area contributed by atoms with Crippen LogP contribution in [0.25, 0.3) is 48.6 Å². The first-order chi connectivity index (χ1) is 41.8. The number of ether oxygens (including phenoxy) is 2. The van der Waals surface area contributed by atoms with Gasteiger partial charge in [0.2, 0.25) is 0 Å². The molecule has 7 aromatic rings. The molecule has 88 heavy (non-hydrogen) atoms. The van der Waals surface area contributed by atoms with Gasteiger partial charge in [0.05, 0.1) is 13.2 Å². The summed E-state index contributed by atoms with van der Waals surface area (Å²) in [6.45, 7) is 38.1. The fourth-order valence-electron chi connectivity index (χ4n) is 10.4. The van der Waals surface area contributed by atoms with Crippen LogP contribution in [0.1, 0.15) is 251 Å². The standard InChI is InChI=1S/C86H102O2/c1-17-21-23-63(19-3)61-87-81-45-41-67(42-46-81)31-35-71-49-69(50-72(51-71)36-32-68-43-47-82(48-44-68)88-62-64(20-4)24-22-18-2)33-29-65-25-27-66(28-26-65)30-34-70-52-73(37-39-75-55-77(83(5,6)7)59-78(56-75)84(8,9)10)54-74(53-70)38-40-76-57-79(85(11,12)13)60-80(58-76)86(14,15)16/h25-30,33-34,37-60,63-64H,17-24,61-62H2,1-16H3. The predicted molar refractivity (Wildman–Crippen MR) is 385 cm³/mol. The van der Waals surface area contributed by atoms with Crippen LogP contribution in [0.4, 0.5) is 0 Å². The molecule has 458 valence electrons. The van der Waals surface area contributed by atoms with Gasteiger partial charge in [0.25, 0.3) is 0 Å². The molecule has 0 spiro atoms. The van der Waals surface area contributed by atoms with E-state index in [1.807, 2.05) is 24.3 Å². The lowest BCUT2D eigenvalue weighted by Crippen LogP contribution is -2.16. The Hall–Kier alpha value is -7.78. The topological polar surface area (TPSA) is 18.5 Å². The molecule has 0 N–H and O–H groups in total. The van der Waals surface area contributed by atoms with Crippen LogP contribution in [0, 0.1) is 35.5 Å². The van der Waals surface area contributed by atoms with E-state index in [-0.39, 0.29) is 21.7 Å². The summed E-state index contributed by atoms with van der Waals surface area (Å²) >= 11 is 0. The molecule has 0 radical (unpaired) electrons. The van der Waals surface area contributed by atoms with Crippen LogP contribution in [0.2, 0.25) is 0 Å². The third-order valence-electron chi connectivity index (χ3n) is 16.6. The average molecular weight is 1170 g/mol. The van der Waals surface area contributed by atoms with Crippen LogP contribution in [-0.4, -0.2) is 13.2 Å². The molecule has 0 fully saturated rings. The van der Waals surface area contributed by atoms with Crippen molar-refractivity contribution in [3.05, 3.63) is 235 Å². The van der Waals surface area contributed by atoms with Gasteiger partial charge in [-0.1, -0.05) is 282 Å². The zero-order valence-electron chi connectivity index (χ0n) is 56.5. The smallest absolute Gasteiger partial charge is 0.119 e. The first-order valence-electron chi connectivity index (χ1n) is 32.8. The van der Waals surface area contributed by atoms with Gasteiger partial charge in [-0.15, -0.1) is 0 Å². The fourth-order valence-corrected chi connectivity index (χ4v) is 10.4. The molecule has 0 saturated carbocycles. The van der Waals surface area contributed by atoms with E-state index in [2.05, 4.69) is 304 Å². The zero-order valence-corrected chi connectivity index (χ0v) is 56.5. The molecule has 0 aliphatic heterocycles. The van der Waals surface area contributed by atoms with Crippen LogP contribution in [0.3, 0.4) is 0 Å². The molecular formula is C86H102O2. The third kappa shape index (κ3) is 21.8. The van der Waals surface area contributed by atoms with Gasteiger partial charge in [0.1, 0.15) is 11.5 Å². The number of hydrogen-bond acceptors (Lipinski definition) is 2. The summed E-state index contributed by atoms with van der Waals surface area (Å²) in [5.41, 5.74) is 18.4. The SMILES string of the molecule is CCCCC(CC)COc1ccc(C#Cc2cc(C#Cc3ccc(OCC(CC)CCCC)cc3)cc(C=Cc3ccc(C=Cc4cc(C=Cc5cc(C(C)(C)C)cc(C(C)(C)C)c5)cc(C=Cc5cc(C(C)(C)C)cc(C(C)(C)C)c5)c4)cc3)c2)cc1. The van der Waals surface area contributed by atoms with Gasteiger partial charge in [-0.2, -0.15) is 0 Å². The number of hydrogen-bond donors (Lipinski definition) is 0. The molecule has 0 heterocycles. The molecule has 0 aliphatic rings. The van der Waals surface area contributed by atoms with Crippen molar-refractivity contribution >= 4 is 48.6 Å². The summed E-state index contributed by atoms with van der Waals surface area (Å²) in [5, 5.41) is 0. The minimum atomic E-state index is 0.0355. The average Bonchev–Trinajstić information content (AvgIpc) is 2.50. The molecule has 7 rings (SSSR count). The summed E-state index contributed by atoms with van der Waals surface area (Å²) in [6, 6.07) is 52.6. The second-order valence-corrected chi connectivity index (χ2v) is 28.5. The van der Waals surface area contributed by atoms with Gasteiger partial charge in [-0.25, -0.2) is 0 Å². The predicted octanol–water partition coefficient (Wildman–Crippen LogP) is 23.5. The van der Waals surface area contributed by atoms with E-state index in [0.717, 1.165) is 93.2 Å². The van der Waals surface area contributed by atoms with Crippen LogP contribution in [0.5, 0.6) is 11.5 Å². The van der Waals surface area contributed by atoms with E-state index in [4.69, 9.17) is 9.47 Å². The van der Waals surface area contributed by atoms with Crippen molar-refractivity contribution in [2.45, 2.75) is 184 Å². The summed E-state index contributed by atoms with van der Waals surface area (Å²) in [7, 11) is 0. The molecule has 2 unspecified atom stereocenters. The van der Waals surface area contributed by atoms with E-state index in [0.29, 0.717) is 11.8 Å². The maximum atomic E-state index is 6.21. The zero-order chi connectivity index (χ0) is 63.5. The van der Waals surface area contributed by atoms with Crippen LogP contribution >= 0.6 is 0 Å². The maximum Gasteiger partial charge on any atom is 0.119 e. The van der Waals surface area contributed by atoms with Gasteiger partial charge in [0.15, 0.2) is 0 Å². The van der Waals surface area contributed by atoms with E-state index < -0.39 is 0 Å². The van der Waals surface area contributed by atoms with Crippen molar-refractivity contribution in [2.24, 2.45) is 11.8 Å². The second-order valence-electron chi connectivity index (χ2n) is 28.5. The molecular weight excluding hydrogens is 1060 g/mol. The summed E-state index contributed by atoms with van der Waals surface area (Å²) in [5.74, 6) is 16.7. The third-order valence-corrected chi connectivity index (χ3v) is 16.6. The highest BCUT2D eigenvalue weighted by atomic mass is 16.5. The van der Waals surface area contributed by atoms with E-state index >= 15 is 0 Å². The van der Waals surface area contributed by atoms with Gasteiger partial charge < -0.3 is 9.47 Å². The van der Waals surface area contributed by atoms with Crippen molar-refractivity contribution in [3.8, 4) is 35.2 Å². The van der Waals surface area contributed by atoms with E-state index in [1.54, 1.807) is 0 Å². The minimum absolute atomic E-state index is 0.0355. The highest BCUT2D eigenvalue weighted by Gasteiger charge is 2.22. The Morgan fingerprint density at radius 3 is 0.864 bits per heavy atom. The minimum Gasteiger partial charge on any atom is -0.493 e. The Balaban J connectivity index is 1.16. The highest BCUT2D eigenvalue weighted by molar-refractivity contribution is 5.80. The van der Waals surface area contributed by atoms with E-state index in [1.165, 1.54) is 71.9 Å². The molecule has 0 aliphatic carbocycles. The first kappa shape index (κ1) is 67.7. The Morgan fingerprint density at radius 1 is 0.307 bits per heavy atom. The lowest BCUT2D eigenvalue weighted by Gasteiger charge is -2.25. The molecule has 0 bridgehead atoms. The number of benzene rings is 7. The van der Waals surface area contributed by atoms with Crippen LogP contribution in [0.15, 0.2) is 146 Å². The van der Waals surface area contributed by atoms with Gasteiger partial charge in [-0.3, -0.25) is 0 Å². The van der Waals surface area contributed by atoms with Crippen molar-refractivity contribution < 1.29 is 9.47 Å². The monoisotopic (exact) mass is 1170 g/mol.